The van der Waals surface area contributed by atoms with Crippen LogP contribution in [-0.2, 0) is 16.0 Å². The number of ketones is 2. The highest BCUT2D eigenvalue weighted by molar-refractivity contribution is 6.06. The topological polar surface area (TPSA) is 129 Å². The molecule has 3 aromatic carbocycles. The summed E-state index contributed by atoms with van der Waals surface area (Å²) in [4.78, 5) is 35.0. The van der Waals surface area contributed by atoms with Crippen LogP contribution in [0.1, 0.15) is 53.5 Å². The summed E-state index contributed by atoms with van der Waals surface area (Å²) in [6, 6.07) is 11.9. The maximum absolute atomic E-state index is 12.3. The highest BCUT2D eigenvalue weighted by Crippen LogP contribution is 2.37. The predicted octanol–water partition coefficient (Wildman–Crippen LogP) is 4.84. The fraction of sp³-hybridized carbons (Fsp3) is 0.345. The van der Waals surface area contributed by atoms with Gasteiger partial charge in [-0.05, 0) is 38.5 Å². The van der Waals surface area contributed by atoms with E-state index in [0.29, 0.717) is 40.0 Å². The van der Waals surface area contributed by atoms with Crippen molar-refractivity contribution in [3.63, 3.8) is 0 Å². The van der Waals surface area contributed by atoms with Crippen molar-refractivity contribution in [2.24, 2.45) is 0 Å². The van der Waals surface area contributed by atoms with Crippen LogP contribution in [-0.4, -0.2) is 60.8 Å². The van der Waals surface area contributed by atoms with Crippen molar-refractivity contribution in [1.82, 2.24) is 0 Å². The first-order valence-corrected chi connectivity index (χ1v) is 12.3. The second-order valence-corrected chi connectivity index (χ2v) is 8.59. The van der Waals surface area contributed by atoms with E-state index >= 15 is 0 Å². The number of carbonyl (C=O) groups excluding carboxylic acids is 2. The van der Waals surface area contributed by atoms with Crippen LogP contribution in [0.15, 0.2) is 42.5 Å². The van der Waals surface area contributed by atoms with Gasteiger partial charge in [0.15, 0.2) is 18.2 Å². The lowest BCUT2D eigenvalue weighted by Gasteiger charge is -2.17. The maximum atomic E-state index is 12.3. The molecule has 0 saturated heterocycles. The Hall–Kier alpha value is -4.11. The predicted molar refractivity (Wildman–Crippen MR) is 141 cm³/mol. The number of phenolic OH excluding ortho intramolecular Hbond substituents is 1. The Morgan fingerprint density at radius 3 is 2.08 bits per heavy atom. The number of fused-ring (bicyclic) bond motifs is 1. The largest absolute Gasteiger partial charge is 0.507 e. The quantitative estimate of drug-likeness (QED) is 0.212. The molecule has 2 N–H and O–H groups in total. The molecule has 0 spiro atoms. The minimum atomic E-state index is -1.12. The third-order valence-corrected chi connectivity index (χ3v) is 5.77. The van der Waals surface area contributed by atoms with E-state index in [2.05, 4.69) is 0 Å². The molecule has 0 aliphatic carbocycles. The molecule has 3 rings (SSSR count). The fourth-order valence-electron chi connectivity index (χ4n) is 4.04. The van der Waals surface area contributed by atoms with E-state index in [9.17, 15) is 19.5 Å². The third kappa shape index (κ3) is 7.01. The highest BCUT2D eigenvalue weighted by Gasteiger charge is 2.18. The maximum Gasteiger partial charge on any atom is 0.341 e. The smallest absolute Gasteiger partial charge is 0.341 e. The van der Waals surface area contributed by atoms with Gasteiger partial charge in [-0.2, -0.15) is 0 Å². The zero-order chi connectivity index (χ0) is 27.7. The van der Waals surface area contributed by atoms with Crippen molar-refractivity contribution in [3.05, 3.63) is 59.2 Å². The lowest BCUT2D eigenvalue weighted by molar-refractivity contribution is -0.139. The highest BCUT2D eigenvalue weighted by atomic mass is 16.5. The first kappa shape index (κ1) is 28.5. The van der Waals surface area contributed by atoms with Crippen LogP contribution >= 0.6 is 0 Å². The number of phenols is 1. The second kappa shape index (κ2) is 13.4. The number of hydrogen-bond acceptors (Lipinski definition) is 8. The van der Waals surface area contributed by atoms with Gasteiger partial charge >= 0.3 is 5.97 Å². The van der Waals surface area contributed by atoms with E-state index in [1.54, 1.807) is 36.4 Å². The Labute approximate surface area is 220 Å². The summed E-state index contributed by atoms with van der Waals surface area (Å²) in [6.07, 6.45) is 1.35. The molecule has 0 aromatic heterocycles. The van der Waals surface area contributed by atoms with E-state index < -0.39 is 12.6 Å². The SMILES string of the molecule is CCCc1c(OCCOCCOc2c(C(C)=O)cc(OCC(=O)O)c3ccccc23)ccc(C(C)=O)c1O. The monoisotopic (exact) mass is 524 g/mol. The molecule has 3 aromatic rings. The Balaban J connectivity index is 1.60. The minimum absolute atomic E-state index is 0.0425. The van der Waals surface area contributed by atoms with Gasteiger partial charge in [0.2, 0.25) is 0 Å². The molecule has 0 aliphatic rings. The van der Waals surface area contributed by atoms with Gasteiger partial charge in [-0.3, -0.25) is 9.59 Å². The van der Waals surface area contributed by atoms with Crippen LogP contribution in [0.25, 0.3) is 10.8 Å². The number of hydrogen-bond donors (Lipinski definition) is 2. The molecule has 0 saturated carbocycles. The number of aliphatic carboxylic acids is 1. The first-order valence-electron chi connectivity index (χ1n) is 12.3. The number of carboxylic acid groups (broad SMARTS) is 1. The van der Waals surface area contributed by atoms with Crippen molar-refractivity contribution >= 4 is 28.3 Å². The summed E-state index contributed by atoms with van der Waals surface area (Å²) in [5.41, 5.74) is 1.15. The average Bonchev–Trinajstić information content (AvgIpc) is 2.88. The van der Waals surface area contributed by atoms with Gasteiger partial charge in [0.25, 0.3) is 0 Å². The summed E-state index contributed by atoms with van der Waals surface area (Å²) < 4.78 is 22.8. The van der Waals surface area contributed by atoms with Gasteiger partial charge in [-0.25, -0.2) is 4.79 Å². The molecule has 0 heterocycles. The van der Waals surface area contributed by atoms with Crippen LogP contribution < -0.4 is 14.2 Å². The number of carbonyl (C=O) groups is 3. The molecule has 0 unspecified atom stereocenters. The number of aromatic hydroxyl groups is 1. The van der Waals surface area contributed by atoms with Crippen LogP contribution in [0.2, 0.25) is 0 Å². The van der Waals surface area contributed by atoms with E-state index in [1.165, 1.54) is 19.9 Å². The molecule has 0 fully saturated rings. The third-order valence-electron chi connectivity index (χ3n) is 5.77. The molecule has 0 bridgehead atoms. The van der Waals surface area contributed by atoms with Crippen molar-refractivity contribution in [2.45, 2.75) is 33.6 Å². The standard InChI is InChI=1S/C29H32O9/c1-4-7-23-25(11-10-20(18(2)30)28(23)34)36-14-12-35-13-15-37-29-22-9-6-5-8-21(22)26(38-17-27(32)33)16-24(29)19(3)31/h5-6,8-11,16,34H,4,7,12-15,17H2,1-3H3,(H,32,33). The zero-order valence-corrected chi connectivity index (χ0v) is 21.7. The van der Waals surface area contributed by atoms with E-state index in [-0.39, 0.29) is 54.9 Å². The second-order valence-electron chi connectivity index (χ2n) is 8.59. The Morgan fingerprint density at radius 1 is 0.789 bits per heavy atom. The molecule has 0 aliphatic heterocycles. The van der Waals surface area contributed by atoms with Crippen molar-refractivity contribution in [3.8, 4) is 23.0 Å². The number of ether oxygens (including phenoxy) is 4. The lowest BCUT2D eigenvalue weighted by atomic mass is 10.0. The number of benzene rings is 3. The fourth-order valence-corrected chi connectivity index (χ4v) is 4.04. The number of carboxylic acids is 1. The average molecular weight is 525 g/mol. The van der Waals surface area contributed by atoms with E-state index in [4.69, 9.17) is 24.1 Å². The first-order chi connectivity index (χ1) is 18.2. The van der Waals surface area contributed by atoms with Gasteiger partial charge in [-0.1, -0.05) is 37.6 Å². The van der Waals surface area contributed by atoms with Crippen molar-refractivity contribution in [2.75, 3.05) is 33.0 Å². The van der Waals surface area contributed by atoms with E-state index in [1.807, 2.05) is 6.92 Å². The Bertz CT molecular complexity index is 1310. The van der Waals surface area contributed by atoms with Gasteiger partial charge < -0.3 is 29.2 Å². The van der Waals surface area contributed by atoms with Crippen LogP contribution in [0.3, 0.4) is 0 Å². The van der Waals surface area contributed by atoms with Crippen LogP contribution in [0.5, 0.6) is 23.0 Å². The van der Waals surface area contributed by atoms with Gasteiger partial charge in [-0.15, -0.1) is 0 Å². The van der Waals surface area contributed by atoms with Crippen LogP contribution in [0.4, 0.5) is 0 Å². The molecule has 9 heteroatoms. The molecule has 202 valence electrons. The Morgan fingerprint density at radius 2 is 1.45 bits per heavy atom. The summed E-state index contributed by atoms with van der Waals surface area (Å²) in [7, 11) is 0. The summed E-state index contributed by atoms with van der Waals surface area (Å²) in [5.74, 6) is -0.443. The molecule has 38 heavy (non-hydrogen) atoms. The molecular formula is C29H32O9. The van der Waals surface area contributed by atoms with Gasteiger partial charge in [0.05, 0.1) is 24.3 Å². The van der Waals surface area contributed by atoms with Gasteiger partial charge in [0.1, 0.15) is 36.2 Å². The van der Waals surface area contributed by atoms with Crippen molar-refractivity contribution in [1.29, 1.82) is 0 Å². The molecule has 0 radical (unpaired) electrons. The molecule has 0 atom stereocenters. The minimum Gasteiger partial charge on any atom is -0.507 e. The number of rotatable bonds is 15. The molecular weight excluding hydrogens is 492 g/mol. The summed E-state index contributed by atoms with van der Waals surface area (Å²) in [6.45, 7) is 5.13. The van der Waals surface area contributed by atoms with Gasteiger partial charge in [0, 0.05) is 16.3 Å². The zero-order valence-electron chi connectivity index (χ0n) is 21.7. The van der Waals surface area contributed by atoms with Crippen LogP contribution in [0, 0.1) is 0 Å². The normalized spacial score (nSPS) is 10.8. The molecule has 0 amide bonds. The number of Topliss-reactive ketones (excluding diaryl/α,β-unsaturated/α-hetero) is 2. The Kier molecular flexibility index (Phi) is 10.1. The van der Waals surface area contributed by atoms with E-state index in [0.717, 1.165) is 6.42 Å². The summed E-state index contributed by atoms with van der Waals surface area (Å²) in [5, 5.41) is 20.7. The summed E-state index contributed by atoms with van der Waals surface area (Å²) >= 11 is 0. The van der Waals surface area contributed by atoms with Crippen molar-refractivity contribution < 1.29 is 43.5 Å². The lowest BCUT2D eigenvalue weighted by Crippen LogP contribution is -2.14. The molecule has 9 nitrogen and oxygen atoms in total.